The minimum atomic E-state index is -0.521. The van der Waals surface area contributed by atoms with Gasteiger partial charge in [-0.05, 0) is 36.4 Å². The van der Waals surface area contributed by atoms with E-state index in [0.717, 1.165) is 5.56 Å². The van der Waals surface area contributed by atoms with Crippen LogP contribution in [0.5, 0.6) is 0 Å². The molecule has 1 heterocycles. The lowest BCUT2D eigenvalue weighted by Crippen LogP contribution is -2.30. The predicted molar refractivity (Wildman–Crippen MR) is 103 cm³/mol. The SMILES string of the molecule is C=CCN(Cc1nc(-c2ccc(Cl)cc2)no1)C(=O)c1ccc([N+](=O)[O-])cc1. The number of amides is 1. The minimum absolute atomic E-state index is 0.0719. The molecule has 8 nitrogen and oxygen atoms in total. The van der Waals surface area contributed by atoms with E-state index >= 15 is 0 Å². The number of nitro groups is 1. The number of nitro benzene ring substituents is 1. The summed E-state index contributed by atoms with van der Waals surface area (Å²) in [5.74, 6) is 0.302. The zero-order valence-corrected chi connectivity index (χ0v) is 15.4. The molecule has 0 bridgehead atoms. The van der Waals surface area contributed by atoms with Crippen LogP contribution in [0.3, 0.4) is 0 Å². The van der Waals surface area contributed by atoms with Crippen molar-refractivity contribution in [1.29, 1.82) is 0 Å². The molecule has 0 unspecified atom stereocenters. The molecule has 0 radical (unpaired) electrons. The molecule has 0 saturated carbocycles. The summed E-state index contributed by atoms with van der Waals surface area (Å²) in [6, 6.07) is 12.3. The summed E-state index contributed by atoms with van der Waals surface area (Å²) in [4.78, 5) is 28.7. The second-order valence-corrected chi connectivity index (χ2v) is 6.23. The van der Waals surface area contributed by atoms with Crippen LogP contribution in [-0.4, -0.2) is 32.4 Å². The molecule has 0 spiro atoms. The van der Waals surface area contributed by atoms with Crippen molar-refractivity contribution in [3.8, 4) is 11.4 Å². The second kappa shape index (κ2) is 8.45. The molecule has 0 aliphatic carbocycles. The molecule has 0 saturated heterocycles. The van der Waals surface area contributed by atoms with E-state index in [1.54, 1.807) is 30.3 Å². The number of hydrogen-bond donors (Lipinski definition) is 0. The second-order valence-electron chi connectivity index (χ2n) is 5.80. The summed E-state index contributed by atoms with van der Waals surface area (Å²) >= 11 is 5.87. The van der Waals surface area contributed by atoms with Gasteiger partial charge in [-0.1, -0.05) is 22.8 Å². The average Bonchev–Trinajstić information content (AvgIpc) is 3.16. The summed E-state index contributed by atoms with van der Waals surface area (Å²) in [5, 5.41) is 15.3. The first kappa shape index (κ1) is 19.2. The molecule has 2 aromatic carbocycles. The number of nitrogens with zero attached hydrogens (tertiary/aromatic N) is 4. The Hall–Kier alpha value is -3.52. The van der Waals surface area contributed by atoms with Crippen molar-refractivity contribution < 1.29 is 14.2 Å². The number of halogens is 1. The van der Waals surface area contributed by atoms with E-state index in [4.69, 9.17) is 16.1 Å². The van der Waals surface area contributed by atoms with Gasteiger partial charge >= 0.3 is 0 Å². The third-order valence-electron chi connectivity index (χ3n) is 3.86. The van der Waals surface area contributed by atoms with Gasteiger partial charge in [0.15, 0.2) is 0 Å². The minimum Gasteiger partial charge on any atom is -0.337 e. The lowest BCUT2D eigenvalue weighted by Gasteiger charge is -2.19. The van der Waals surface area contributed by atoms with Gasteiger partial charge in [-0.15, -0.1) is 6.58 Å². The van der Waals surface area contributed by atoms with Crippen molar-refractivity contribution >= 4 is 23.2 Å². The van der Waals surface area contributed by atoms with Gasteiger partial charge in [0.2, 0.25) is 11.7 Å². The van der Waals surface area contributed by atoms with Crippen molar-refractivity contribution in [2.45, 2.75) is 6.54 Å². The summed E-state index contributed by atoms with van der Waals surface area (Å²) < 4.78 is 5.25. The van der Waals surface area contributed by atoms with Crippen molar-refractivity contribution in [2.24, 2.45) is 0 Å². The third kappa shape index (κ3) is 4.41. The van der Waals surface area contributed by atoms with Crippen LogP contribution in [0.4, 0.5) is 5.69 Å². The first-order valence-corrected chi connectivity index (χ1v) is 8.59. The van der Waals surface area contributed by atoms with Gasteiger partial charge in [-0.3, -0.25) is 14.9 Å². The lowest BCUT2D eigenvalue weighted by atomic mass is 10.2. The molecule has 0 fully saturated rings. The zero-order chi connectivity index (χ0) is 20.1. The van der Waals surface area contributed by atoms with Gasteiger partial charge in [0.1, 0.15) is 6.54 Å². The number of benzene rings is 2. The summed E-state index contributed by atoms with van der Waals surface area (Å²) in [6.07, 6.45) is 1.57. The normalized spacial score (nSPS) is 10.5. The van der Waals surface area contributed by atoms with Crippen molar-refractivity contribution in [2.75, 3.05) is 6.54 Å². The van der Waals surface area contributed by atoms with E-state index in [2.05, 4.69) is 16.7 Å². The van der Waals surface area contributed by atoms with E-state index in [9.17, 15) is 14.9 Å². The Balaban J connectivity index is 1.77. The van der Waals surface area contributed by atoms with Crippen LogP contribution in [0.2, 0.25) is 5.02 Å². The number of rotatable bonds is 7. The van der Waals surface area contributed by atoms with Gasteiger partial charge < -0.3 is 9.42 Å². The molecular formula is C19H15ClN4O4. The number of aromatic nitrogens is 2. The van der Waals surface area contributed by atoms with E-state index in [1.165, 1.54) is 29.2 Å². The molecule has 0 aliphatic rings. The molecule has 0 N–H and O–H groups in total. The summed E-state index contributed by atoms with van der Waals surface area (Å²) in [6.45, 7) is 3.97. The molecule has 0 atom stereocenters. The highest BCUT2D eigenvalue weighted by molar-refractivity contribution is 6.30. The Morgan fingerprint density at radius 1 is 1.21 bits per heavy atom. The Morgan fingerprint density at radius 3 is 2.50 bits per heavy atom. The van der Waals surface area contributed by atoms with Crippen LogP contribution in [0.25, 0.3) is 11.4 Å². The topological polar surface area (TPSA) is 102 Å². The molecular weight excluding hydrogens is 384 g/mol. The predicted octanol–water partition coefficient (Wildman–Crippen LogP) is 4.13. The third-order valence-corrected chi connectivity index (χ3v) is 4.11. The Bertz CT molecular complexity index is 1000. The van der Waals surface area contributed by atoms with E-state index in [1.807, 2.05) is 0 Å². The fourth-order valence-electron chi connectivity index (χ4n) is 2.48. The van der Waals surface area contributed by atoms with Crippen LogP contribution < -0.4 is 0 Å². The smallest absolute Gasteiger partial charge is 0.269 e. The highest BCUT2D eigenvalue weighted by Crippen LogP contribution is 2.20. The first-order valence-electron chi connectivity index (χ1n) is 8.21. The molecule has 1 amide bonds. The largest absolute Gasteiger partial charge is 0.337 e. The van der Waals surface area contributed by atoms with Crippen molar-refractivity contribution in [3.63, 3.8) is 0 Å². The van der Waals surface area contributed by atoms with Crippen LogP contribution in [0.1, 0.15) is 16.2 Å². The van der Waals surface area contributed by atoms with E-state index in [-0.39, 0.29) is 30.6 Å². The van der Waals surface area contributed by atoms with Gasteiger partial charge in [-0.2, -0.15) is 4.98 Å². The molecule has 28 heavy (non-hydrogen) atoms. The molecule has 3 aromatic rings. The fraction of sp³-hybridized carbons (Fsp3) is 0.105. The van der Waals surface area contributed by atoms with Gasteiger partial charge in [-0.25, -0.2) is 0 Å². The highest BCUT2D eigenvalue weighted by atomic mass is 35.5. The van der Waals surface area contributed by atoms with Gasteiger partial charge in [0, 0.05) is 34.8 Å². The van der Waals surface area contributed by atoms with Gasteiger partial charge in [0.25, 0.3) is 11.6 Å². The number of non-ortho nitro benzene ring substituents is 1. The Kier molecular flexibility index (Phi) is 5.81. The maximum Gasteiger partial charge on any atom is 0.269 e. The molecule has 1 aromatic heterocycles. The fourth-order valence-corrected chi connectivity index (χ4v) is 2.61. The van der Waals surface area contributed by atoms with Crippen molar-refractivity contribution in [3.05, 3.63) is 87.8 Å². The number of hydrogen-bond acceptors (Lipinski definition) is 6. The van der Waals surface area contributed by atoms with Gasteiger partial charge in [0.05, 0.1) is 4.92 Å². The Morgan fingerprint density at radius 2 is 1.89 bits per heavy atom. The monoisotopic (exact) mass is 398 g/mol. The molecule has 0 aliphatic heterocycles. The maximum absolute atomic E-state index is 12.7. The first-order chi connectivity index (χ1) is 13.5. The summed E-state index contributed by atoms with van der Waals surface area (Å²) in [7, 11) is 0. The zero-order valence-electron chi connectivity index (χ0n) is 14.6. The van der Waals surface area contributed by atoms with Crippen LogP contribution in [0, 0.1) is 10.1 Å². The maximum atomic E-state index is 12.7. The average molecular weight is 399 g/mol. The molecule has 142 valence electrons. The van der Waals surface area contributed by atoms with Crippen LogP contribution in [0.15, 0.2) is 65.7 Å². The lowest BCUT2D eigenvalue weighted by molar-refractivity contribution is -0.384. The van der Waals surface area contributed by atoms with Crippen LogP contribution in [-0.2, 0) is 6.54 Å². The standard InChI is InChI=1S/C19H15ClN4O4/c1-2-11-23(19(25)14-5-9-16(10-6-14)24(26)27)12-17-21-18(22-28-17)13-3-7-15(20)8-4-13/h2-10H,1,11-12H2. The van der Waals surface area contributed by atoms with Crippen LogP contribution >= 0.6 is 11.6 Å². The number of carbonyl (C=O) groups is 1. The van der Waals surface area contributed by atoms with E-state index < -0.39 is 4.92 Å². The van der Waals surface area contributed by atoms with E-state index in [0.29, 0.717) is 16.4 Å². The highest BCUT2D eigenvalue weighted by Gasteiger charge is 2.19. The van der Waals surface area contributed by atoms with Crippen molar-refractivity contribution in [1.82, 2.24) is 15.0 Å². The quantitative estimate of drug-likeness (QED) is 0.337. The summed E-state index contributed by atoms with van der Waals surface area (Å²) in [5.41, 5.74) is 0.956. The molecule has 3 rings (SSSR count). The molecule has 9 heteroatoms. The Labute approximate surface area is 165 Å². The number of carbonyl (C=O) groups excluding carboxylic acids is 1.